The zero-order valence-electron chi connectivity index (χ0n) is 20.0. The molecule has 0 unspecified atom stereocenters. The number of benzene rings is 3. The first-order valence-corrected chi connectivity index (χ1v) is 14.1. The molecule has 194 valence electrons. The van der Waals surface area contributed by atoms with Crippen LogP contribution in [-0.4, -0.2) is 39.9 Å². The Balaban J connectivity index is 1.30. The molecular weight excluding hydrogens is 611 g/mol. The molecule has 0 spiro atoms. The second kappa shape index (κ2) is 11.5. The van der Waals surface area contributed by atoms with Crippen molar-refractivity contribution in [3.8, 4) is 5.75 Å². The van der Waals surface area contributed by atoms with E-state index in [-0.39, 0.29) is 24.0 Å². The second-order valence-corrected chi connectivity index (χ2v) is 11.6. The van der Waals surface area contributed by atoms with Crippen molar-refractivity contribution in [1.29, 1.82) is 0 Å². The average molecular weight is 632 g/mol. The summed E-state index contributed by atoms with van der Waals surface area (Å²) in [7, 11) is 0. The molecule has 3 aromatic carbocycles. The molecule has 2 heterocycles. The van der Waals surface area contributed by atoms with Crippen molar-refractivity contribution < 1.29 is 19.1 Å². The topological polar surface area (TPSA) is 66.9 Å². The van der Waals surface area contributed by atoms with Crippen molar-refractivity contribution in [3.05, 3.63) is 102 Å². The van der Waals surface area contributed by atoms with Gasteiger partial charge in [0.2, 0.25) is 5.91 Å². The van der Waals surface area contributed by atoms with Crippen LogP contribution < -0.4 is 4.74 Å². The Morgan fingerprint density at radius 2 is 1.84 bits per heavy atom. The molecule has 0 aromatic heterocycles. The van der Waals surface area contributed by atoms with Crippen LogP contribution >= 0.6 is 50.9 Å². The quantitative estimate of drug-likeness (QED) is 0.275. The van der Waals surface area contributed by atoms with E-state index in [1.165, 1.54) is 5.56 Å². The molecule has 38 heavy (non-hydrogen) atoms. The van der Waals surface area contributed by atoms with Gasteiger partial charge in [-0.2, -0.15) is 0 Å². The number of imide groups is 1. The minimum Gasteiger partial charge on any atom is -0.488 e. The number of halogens is 3. The first-order valence-electron chi connectivity index (χ1n) is 11.7. The van der Waals surface area contributed by atoms with E-state index in [4.69, 9.17) is 27.9 Å². The van der Waals surface area contributed by atoms with E-state index in [1.54, 1.807) is 41.3 Å². The molecule has 2 aliphatic heterocycles. The average Bonchev–Trinajstić information content (AvgIpc) is 3.16. The lowest BCUT2D eigenvalue weighted by molar-refractivity contribution is -0.136. The van der Waals surface area contributed by atoms with Crippen LogP contribution in [0, 0.1) is 0 Å². The number of hydrogen-bond donors (Lipinski definition) is 0. The largest absolute Gasteiger partial charge is 0.488 e. The van der Waals surface area contributed by atoms with Gasteiger partial charge in [0.1, 0.15) is 18.9 Å². The lowest BCUT2D eigenvalue weighted by atomic mass is 10.00. The number of amides is 3. The molecule has 3 amide bonds. The first kappa shape index (κ1) is 26.8. The second-order valence-electron chi connectivity index (χ2n) is 8.81. The van der Waals surface area contributed by atoms with Crippen LogP contribution in [0.2, 0.25) is 10.0 Å². The zero-order chi connectivity index (χ0) is 26.8. The highest BCUT2D eigenvalue weighted by Crippen LogP contribution is 2.35. The van der Waals surface area contributed by atoms with Crippen LogP contribution in [0.25, 0.3) is 6.08 Å². The molecule has 10 heteroatoms. The molecule has 0 N–H and O–H groups in total. The van der Waals surface area contributed by atoms with E-state index < -0.39 is 11.1 Å². The number of fused-ring (bicyclic) bond motifs is 1. The van der Waals surface area contributed by atoms with Crippen molar-refractivity contribution in [3.63, 3.8) is 0 Å². The van der Waals surface area contributed by atoms with E-state index in [2.05, 4.69) is 22.0 Å². The maximum Gasteiger partial charge on any atom is 0.294 e. The maximum absolute atomic E-state index is 13.2. The smallest absolute Gasteiger partial charge is 0.294 e. The van der Waals surface area contributed by atoms with Crippen LogP contribution in [0.5, 0.6) is 5.75 Å². The third-order valence-corrected chi connectivity index (χ3v) is 8.29. The standard InChI is InChI=1S/C28H21BrCl2N2O4S/c29-21-6-8-24(37-16-19-5-7-22(30)13-23(19)31)20(11-21)12-25-27(35)33(28(36)38-25)15-26(34)32-10-9-17-3-1-2-4-18(17)14-32/h1-8,11-13H,9-10,14-16H2/b25-12-. The SMILES string of the molecule is O=C(CN1C(=O)S/C(=C\c2cc(Br)ccc2OCc2ccc(Cl)cc2Cl)C1=O)N1CCc2ccccc2C1. The number of rotatable bonds is 6. The molecule has 0 atom stereocenters. The van der Waals surface area contributed by atoms with Gasteiger partial charge in [-0.3, -0.25) is 19.3 Å². The summed E-state index contributed by atoms with van der Waals surface area (Å²) in [5.74, 6) is -0.249. The molecule has 0 radical (unpaired) electrons. The summed E-state index contributed by atoms with van der Waals surface area (Å²) in [5.41, 5.74) is 3.66. The Morgan fingerprint density at radius 3 is 2.63 bits per heavy atom. The summed E-state index contributed by atoms with van der Waals surface area (Å²) >= 11 is 16.5. The highest BCUT2D eigenvalue weighted by atomic mass is 79.9. The number of carbonyl (C=O) groups excluding carboxylic acids is 3. The van der Waals surface area contributed by atoms with E-state index >= 15 is 0 Å². The van der Waals surface area contributed by atoms with Gasteiger partial charge in [0, 0.05) is 38.7 Å². The molecule has 1 fully saturated rings. The molecule has 0 bridgehead atoms. The third kappa shape index (κ3) is 5.94. The Bertz CT molecular complexity index is 1480. The molecular formula is C28H21BrCl2N2O4S. The number of hydrogen-bond acceptors (Lipinski definition) is 5. The Labute approximate surface area is 242 Å². The fourth-order valence-electron chi connectivity index (χ4n) is 4.28. The van der Waals surface area contributed by atoms with E-state index in [9.17, 15) is 14.4 Å². The van der Waals surface area contributed by atoms with Crippen LogP contribution in [0.1, 0.15) is 22.3 Å². The predicted molar refractivity (Wildman–Crippen MR) is 153 cm³/mol. The number of thioether (sulfide) groups is 1. The van der Waals surface area contributed by atoms with Crippen LogP contribution in [0.4, 0.5) is 4.79 Å². The maximum atomic E-state index is 13.2. The van der Waals surface area contributed by atoms with Crippen molar-refractivity contribution in [2.24, 2.45) is 0 Å². The summed E-state index contributed by atoms with van der Waals surface area (Å²) in [4.78, 5) is 41.8. The van der Waals surface area contributed by atoms with E-state index in [1.807, 2.05) is 24.3 Å². The van der Waals surface area contributed by atoms with Crippen molar-refractivity contribution in [1.82, 2.24) is 9.80 Å². The van der Waals surface area contributed by atoms with Crippen molar-refractivity contribution in [2.45, 2.75) is 19.6 Å². The normalized spacial score (nSPS) is 16.2. The summed E-state index contributed by atoms with van der Waals surface area (Å²) in [6.07, 6.45) is 2.35. The first-order chi connectivity index (χ1) is 18.3. The van der Waals surface area contributed by atoms with Crippen LogP contribution in [-0.2, 0) is 29.2 Å². The fraction of sp³-hybridized carbons (Fsp3) is 0.179. The highest BCUT2D eigenvalue weighted by Gasteiger charge is 2.37. The van der Waals surface area contributed by atoms with Gasteiger partial charge < -0.3 is 9.64 Å². The van der Waals surface area contributed by atoms with Gasteiger partial charge in [-0.05, 0) is 65.7 Å². The summed E-state index contributed by atoms with van der Waals surface area (Å²) in [6.45, 7) is 0.921. The molecule has 2 aliphatic rings. The molecule has 1 saturated heterocycles. The minimum absolute atomic E-state index is 0.188. The van der Waals surface area contributed by atoms with Gasteiger partial charge in [0.25, 0.3) is 11.1 Å². The van der Waals surface area contributed by atoms with E-state index in [0.29, 0.717) is 34.4 Å². The molecule has 0 saturated carbocycles. The van der Waals surface area contributed by atoms with Gasteiger partial charge >= 0.3 is 0 Å². The number of nitrogens with zero attached hydrogens (tertiary/aromatic N) is 2. The Kier molecular flexibility index (Phi) is 8.14. The Hall–Kier alpha value is -2.78. The molecule has 6 nitrogen and oxygen atoms in total. The fourth-order valence-corrected chi connectivity index (χ4v) is 5.95. The Morgan fingerprint density at radius 1 is 1.05 bits per heavy atom. The number of ether oxygens (including phenoxy) is 1. The van der Waals surface area contributed by atoms with Gasteiger partial charge in [-0.1, -0.05) is 69.5 Å². The van der Waals surface area contributed by atoms with Gasteiger partial charge in [-0.15, -0.1) is 0 Å². The van der Waals surface area contributed by atoms with Gasteiger partial charge in [-0.25, -0.2) is 0 Å². The van der Waals surface area contributed by atoms with E-state index in [0.717, 1.165) is 38.7 Å². The predicted octanol–water partition coefficient (Wildman–Crippen LogP) is 6.96. The summed E-state index contributed by atoms with van der Waals surface area (Å²) in [6, 6.07) is 18.5. The zero-order valence-corrected chi connectivity index (χ0v) is 23.9. The third-order valence-electron chi connectivity index (χ3n) is 6.31. The summed E-state index contributed by atoms with van der Waals surface area (Å²) < 4.78 is 6.78. The lowest BCUT2D eigenvalue weighted by Gasteiger charge is -2.29. The summed E-state index contributed by atoms with van der Waals surface area (Å²) in [5, 5.41) is 0.541. The molecule has 0 aliphatic carbocycles. The van der Waals surface area contributed by atoms with Crippen LogP contribution in [0.15, 0.2) is 70.0 Å². The molecule has 3 aromatic rings. The minimum atomic E-state index is -0.502. The van der Waals surface area contributed by atoms with Crippen molar-refractivity contribution in [2.75, 3.05) is 13.1 Å². The highest BCUT2D eigenvalue weighted by molar-refractivity contribution is 9.10. The van der Waals surface area contributed by atoms with Crippen molar-refractivity contribution >= 4 is 74.0 Å². The van der Waals surface area contributed by atoms with Gasteiger partial charge in [0.05, 0.1) is 4.91 Å². The monoisotopic (exact) mass is 630 g/mol. The number of carbonyl (C=O) groups is 3. The molecule has 5 rings (SSSR count). The lowest BCUT2D eigenvalue weighted by Crippen LogP contribution is -2.44. The van der Waals surface area contributed by atoms with Crippen LogP contribution in [0.3, 0.4) is 0 Å². The van der Waals surface area contributed by atoms with Gasteiger partial charge in [0.15, 0.2) is 0 Å².